The van der Waals surface area contributed by atoms with Gasteiger partial charge in [0.15, 0.2) is 0 Å². The lowest BCUT2D eigenvalue weighted by Gasteiger charge is -2.05. The second-order valence-electron chi connectivity index (χ2n) is 2.47. The second kappa shape index (κ2) is 3.67. The molecule has 1 rings (SSSR count). The zero-order valence-corrected chi connectivity index (χ0v) is 8.48. The maximum absolute atomic E-state index is 10.8. The average Bonchev–Trinajstić information content (AvgIpc) is 2.02. The predicted molar refractivity (Wildman–Crippen MR) is 47.7 cm³/mol. The van der Waals surface area contributed by atoms with Crippen molar-refractivity contribution in [2.24, 2.45) is 0 Å². The molecule has 0 fully saturated rings. The Balaban J connectivity index is 3.44. The number of hydrogen-bond acceptors (Lipinski definition) is 4. The molecule has 0 saturated carbocycles. The molecule has 0 heterocycles. The lowest BCUT2D eigenvalue weighted by Crippen LogP contribution is -2.10. The Morgan fingerprint density at radius 3 is 2.21 bits per heavy atom. The molecule has 0 radical (unpaired) electrons. The summed E-state index contributed by atoms with van der Waals surface area (Å²) in [6.45, 7) is 0. The molecule has 0 aliphatic carbocycles. The number of hydrogen-bond donors (Lipinski definition) is 3. The van der Waals surface area contributed by atoms with Gasteiger partial charge in [-0.25, -0.2) is 9.13 Å². The van der Waals surface area contributed by atoms with Gasteiger partial charge in [-0.05, 0) is 18.2 Å². The molecular weight excluding hydrogens is 230 g/mol. The highest BCUT2D eigenvalue weighted by Crippen LogP contribution is 2.36. The number of aromatic hydroxyl groups is 1. The molecular formula is C6H6O6P2. The molecule has 76 valence electrons. The summed E-state index contributed by atoms with van der Waals surface area (Å²) in [6.07, 6.45) is 0. The third kappa shape index (κ3) is 2.30. The Morgan fingerprint density at radius 1 is 1.21 bits per heavy atom. The minimum Gasteiger partial charge on any atom is -0.507 e. The molecule has 1 aromatic carbocycles. The monoisotopic (exact) mass is 236 g/mol. The molecule has 0 amide bonds. The van der Waals surface area contributed by atoms with Crippen molar-refractivity contribution in [3.8, 4) is 5.75 Å². The molecule has 6 nitrogen and oxygen atoms in total. The molecule has 0 aliphatic rings. The molecule has 0 bridgehead atoms. The van der Waals surface area contributed by atoms with Crippen LogP contribution in [0.1, 0.15) is 0 Å². The quantitative estimate of drug-likeness (QED) is 0.622. The highest BCUT2D eigenvalue weighted by Gasteiger charge is 2.22. The van der Waals surface area contributed by atoms with E-state index in [4.69, 9.17) is 14.9 Å². The van der Waals surface area contributed by atoms with Gasteiger partial charge in [0, 0.05) is 0 Å². The van der Waals surface area contributed by atoms with Gasteiger partial charge in [0.1, 0.15) is 11.1 Å². The van der Waals surface area contributed by atoms with Crippen LogP contribution in [0.4, 0.5) is 0 Å². The van der Waals surface area contributed by atoms with Crippen molar-refractivity contribution >= 4 is 25.9 Å². The second-order valence-corrected chi connectivity index (χ2v) is 5.07. The van der Waals surface area contributed by atoms with E-state index < -0.39 is 26.3 Å². The summed E-state index contributed by atoms with van der Waals surface area (Å²) < 4.78 is 31.8. The highest BCUT2D eigenvalue weighted by atomic mass is 31.2. The van der Waals surface area contributed by atoms with Crippen molar-refractivity contribution in [2.75, 3.05) is 0 Å². The van der Waals surface area contributed by atoms with Crippen LogP contribution in [0.3, 0.4) is 0 Å². The Hall–Kier alpha value is -0.930. The summed E-state index contributed by atoms with van der Waals surface area (Å²) in [6, 6.07) is 2.73. The first kappa shape index (κ1) is 11.1. The Labute approximate surface area is 79.2 Å². The number of benzene rings is 1. The van der Waals surface area contributed by atoms with Gasteiger partial charge in [0.05, 0.1) is 5.30 Å². The first-order valence-corrected chi connectivity index (χ1v) is 6.15. The van der Waals surface area contributed by atoms with Gasteiger partial charge >= 0.3 is 15.3 Å². The smallest absolute Gasteiger partial charge is 0.359 e. The molecule has 1 aromatic rings. The number of phenolic OH excluding ortho intramolecular Hbond substituents is 1. The topological polar surface area (TPSA) is 112 Å². The van der Waals surface area contributed by atoms with Crippen molar-refractivity contribution in [3.05, 3.63) is 18.2 Å². The van der Waals surface area contributed by atoms with Gasteiger partial charge in [-0.3, -0.25) is 4.57 Å². The summed E-state index contributed by atoms with van der Waals surface area (Å²) >= 11 is 0. The maximum atomic E-state index is 10.8. The van der Waals surface area contributed by atoms with E-state index in [9.17, 15) is 13.7 Å². The average molecular weight is 236 g/mol. The Morgan fingerprint density at radius 2 is 1.79 bits per heavy atom. The fourth-order valence-corrected chi connectivity index (χ4v) is 2.07. The van der Waals surface area contributed by atoms with Gasteiger partial charge in [-0.15, -0.1) is 0 Å². The Kier molecular flexibility index (Phi) is 2.92. The maximum Gasteiger partial charge on any atom is 0.359 e. The zero-order valence-electron chi connectivity index (χ0n) is 6.69. The van der Waals surface area contributed by atoms with E-state index in [1.807, 2.05) is 0 Å². The number of rotatable bonds is 2. The third-order valence-corrected chi connectivity index (χ3v) is 3.17. The molecule has 14 heavy (non-hydrogen) atoms. The van der Waals surface area contributed by atoms with Crippen LogP contribution in [-0.4, -0.2) is 14.9 Å². The van der Waals surface area contributed by atoms with Gasteiger partial charge in [0.25, 0.3) is 0 Å². The van der Waals surface area contributed by atoms with Crippen LogP contribution in [0.5, 0.6) is 5.75 Å². The fraction of sp³-hybridized carbons (Fsp3) is 0. The van der Waals surface area contributed by atoms with Crippen LogP contribution in [0.25, 0.3) is 0 Å². The van der Waals surface area contributed by atoms with Crippen molar-refractivity contribution in [1.82, 2.24) is 0 Å². The minimum absolute atomic E-state index is 0.254. The van der Waals surface area contributed by atoms with Crippen molar-refractivity contribution in [2.45, 2.75) is 0 Å². The summed E-state index contributed by atoms with van der Waals surface area (Å²) in [4.78, 5) is 17.5. The van der Waals surface area contributed by atoms with E-state index in [0.717, 1.165) is 18.2 Å². The molecule has 0 spiro atoms. The molecule has 0 saturated heterocycles. The SMILES string of the molecule is O=P(=O)c1ccc(O)c(P(=O)(O)O)c1. The molecule has 0 atom stereocenters. The standard InChI is InChI=1S/C6H6O6P2/c7-5-2-1-4(13(8)9)3-6(5)14(10,11)12/h1-3,7H,(H2,10,11,12). The molecule has 0 unspecified atom stereocenters. The third-order valence-electron chi connectivity index (χ3n) is 1.48. The molecule has 0 aromatic heterocycles. The van der Waals surface area contributed by atoms with Crippen LogP contribution in [0.2, 0.25) is 0 Å². The van der Waals surface area contributed by atoms with Crippen molar-refractivity contribution in [1.29, 1.82) is 0 Å². The van der Waals surface area contributed by atoms with E-state index in [0.29, 0.717) is 0 Å². The van der Waals surface area contributed by atoms with E-state index in [1.165, 1.54) is 0 Å². The van der Waals surface area contributed by atoms with E-state index in [2.05, 4.69) is 0 Å². The normalized spacial score (nSPS) is 11.3. The lowest BCUT2D eigenvalue weighted by molar-refractivity contribution is 0.384. The van der Waals surface area contributed by atoms with Gasteiger partial charge in [-0.2, -0.15) is 0 Å². The molecule has 8 heteroatoms. The van der Waals surface area contributed by atoms with Crippen molar-refractivity contribution < 1.29 is 28.6 Å². The van der Waals surface area contributed by atoms with Crippen LogP contribution in [0, 0.1) is 0 Å². The van der Waals surface area contributed by atoms with Gasteiger partial charge in [0.2, 0.25) is 0 Å². The fourth-order valence-electron chi connectivity index (χ4n) is 0.859. The predicted octanol–water partition coefficient (Wildman–Crippen LogP) is -0.00660. The summed E-state index contributed by atoms with van der Waals surface area (Å²) in [5, 5.41) is 8.12. The van der Waals surface area contributed by atoms with Crippen molar-refractivity contribution in [3.63, 3.8) is 0 Å². The van der Waals surface area contributed by atoms with E-state index in [1.54, 1.807) is 0 Å². The minimum atomic E-state index is -4.64. The zero-order chi connectivity index (χ0) is 10.9. The molecule has 0 aliphatic heterocycles. The van der Waals surface area contributed by atoms with Gasteiger partial charge in [-0.1, -0.05) is 0 Å². The highest BCUT2D eigenvalue weighted by molar-refractivity contribution is 7.60. The largest absolute Gasteiger partial charge is 0.507 e. The Bertz CT molecular complexity index is 463. The van der Waals surface area contributed by atoms with Crippen LogP contribution >= 0.6 is 15.3 Å². The first-order valence-electron chi connectivity index (χ1n) is 3.36. The number of phenols is 1. The van der Waals surface area contributed by atoms with Crippen LogP contribution in [-0.2, 0) is 13.7 Å². The summed E-state index contributed by atoms with van der Waals surface area (Å²) in [5.74, 6) is -0.626. The first-order chi connectivity index (χ1) is 6.32. The van der Waals surface area contributed by atoms with Gasteiger partial charge < -0.3 is 14.9 Å². The summed E-state index contributed by atoms with van der Waals surface area (Å²) in [5.41, 5.74) is 0. The summed E-state index contributed by atoms with van der Waals surface area (Å²) in [7, 11) is -7.57. The van der Waals surface area contributed by atoms with Crippen LogP contribution in [0.15, 0.2) is 18.2 Å². The van der Waals surface area contributed by atoms with E-state index >= 15 is 0 Å². The lowest BCUT2D eigenvalue weighted by atomic mass is 10.3. The van der Waals surface area contributed by atoms with E-state index in [-0.39, 0.29) is 5.30 Å². The molecule has 3 N–H and O–H groups in total. The van der Waals surface area contributed by atoms with Crippen LogP contribution < -0.4 is 10.6 Å².